The first-order chi connectivity index (χ1) is 4.92. The van der Waals surface area contributed by atoms with Crippen molar-refractivity contribution in [3.8, 4) is 0 Å². The molecule has 0 radical (unpaired) electrons. The summed E-state index contributed by atoms with van der Waals surface area (Å²) in [6.45, 7) is 12.2. The minimum absolute atomic E-state index is 0.474. The van der Waals surface area contributed by atoms with Crippen molar-refractivity contribution in [3.05, 3.63) is 0 Å². The van der Waals surface area contributed by atoms with Gasteiger partial charge < -0.3 is 4.43 Å². The van der Waals surface area contributed by atoms with Gasteiger partial charge in [0, 0.05) is 6.61 Å². The summed E-state index contributed by atoms with van der Waals surface area (Å²) in [6.07, 6.45) is 2.49. The molecule has 0 N–H and O–H groups in total. The summed E-state index contributed by atoms with van der Waals surface area (Å²) in [4.78, 5) is 0. The van der Waals surface area contributed by atoms with E-state index in [2.05, 4.69) is 33.9 Å². The van der Waals surface area contributed by atoms with Crippen molar-refractivity contribution in [3.63, 3.8) is 0 Å². The fraction of sp³-hybridized carbons (Fsp3) is 1.00. The van der Waals surface area contributed by atoms with Crippen LogP contribution in [0.5, 0.6) is 0 Å². The van der Waals surface area contributed by atoms with Gasteiger partial charge in [-0.15, -0.1) is 0 Å². The van der Waals surface area contributed by atoms with E-state index in [0.29, 0.717) is 5.41 Å². The van der Waals surface area contributed by atoms with Crippen LogP contribution in [0.4, 0.5) is 0 Å². The summed E-state index contributed by atoms with van der Waals surface area (Å²) in [5.41, 5.74) is 0.474. The largest absolute Gasteiger partial charge is 0.421 e. The molecular weight excluding hydrogens is 152 g/mol. The highest BCUT2D eigenvalue weighted by Crippen LogP contribution is 2.20. The second kappa shape index (κ2) is 4.94. The minimum Gasteiger partial charge on any atom is -0.421 e. The zero-order chi connectivity index (χ0) is 8.91. The van der Waals surface area contributed by atoms with E-state index in [1.165, 1.54) is 12.8 Å². The summed E-state index contributed by atoms with van der Waals surface area (Å²) in [7, 11) is -0.756. The Morgan fingerprint density at radius 1 is 1.18 bits per heavy atom. The lowest BCUT2D eigenvalue weighted by Gasteiger charge is -2.18. The molecule has 0 rings (SSSR count). The molecule has 0 amide bonds. The summed E-state index contributed by atoms with van der Waals surface area (Å²) in [5.74, 6) is 0. The van der Waals surface area contributed by atoms with E-state index in [-0.39, 0.29) is 0 Å². The van der Waals surface area contributed by atoms with Gasteiger partial charge in [0.2, 0.25) is 0 Å². The van der Waals surface area contributed by atoms with Crippen LogP contribution >= 0.6 is 0 Å². The molecule has 0 saturated heterocycles. The fourth-order valence-electron chi connectivity index (χ4n) is 0.922. The molecule has 0 heterocycles. The van der Waals surface area contributed by atoms with Gasteiger partial charge in [-0.2, -0.15) is 0 Å². The molecule has 0 saturated carbocycles. The van der Waals surface area contributed by atoms with E-state index in [1.807, 2.05) is 0 Å². The van der Waals surface area contributed by atoms with Crippen molar-refractivity contribution < 1.29 is 4.43 Å². The van der Waals surface area contributed by atoms with Gasteiger partial charge in [0.05, 0.1) is 0 Å². The van der Waals surface area contributed by atoms with E-state index in [0.717, 1.165) is 6.61 Å². The minimum atomic E-state index is -0.756. The maximum absolute atomic E-state index is 5.58. The molecule has 0 aromatic rings. The Kier molecular flexibility index (Phi) is 5.02. The van der Waals surface area contributed by atoms with Crippen LogP contribution in [0.25, 0.3) is 0 Å². The van der Waals surface area contributed by atoms with Crippen molar-refractivity contribution in [1.29, 1.82) is 0 Å². The van der Waals surface area contributed by atoms with Gasteiger partial charge in [0.1, 0.15) is 0 Å². The normalized spacial score (nSPS) is 12.5. The predicted octanol–water partition coefficient (Wildman–Crippen LogP) is 2.81. The Morgan fingerprint density at radius 3 is 2.09 bits per heavy atom. The van der Waals surface area contributed by atoms with Crippen LogP contribution in [-0.2, 0) is 4.43 Å². The fourth-order valence-corrected chi connectivity index (χ4v) is 1.56. The number of hydrogen-bond acceptors (Lipinski definition) is 1. The topological polar surface area (TPSA) is 9.23 Å². The molecule has 0 aromatic heterocycles. The Morgan fingerprint density at radius 2 is 1.73 bits per heavy atom. The summed E-state index contributed by atoms with van der Waals surface area (Å²) >= 11 is 0. The Bertz CT molecular complexity index is 94.2. The third-order valence-electron chi connectivity index (χ3n) is 1.52. The van der Waals surface area contributed by atoms with Gasteiger partial charge >= 0.3 is 0 Å². The molecule has 0 aliphatic rings. The van der Waals surface area contributed by atoms with E-state index in [4.69, 9.17) is 4.43 Å². The molecule has 0 aromatic carbocycles. The molecule has 1 nitrogen and oxygen atoms in total. The molecule has 0 atom stereocenters. The Labute approximate surface area is 72.9 Å². The van der Waals surface area contributed by atoms with Crippen LogP contribution in [-0.4, -0.2) is 15.6 Å². The summed E-state index contributed by atoms with van der Waals surface area (Å²) < 4.78 is 5.58. The average Bonchev–Trinajstić information content (AvgIpc) is 1.78. The van der Waals surface area contributed by atoms with E-state index >= 15 is 0 Å². The van der Waals surface area contributed by atoms with Crippen LogP contribution in [0, 0.1) is 5.41 Å². The standard InChI is InChI=1S/C9H22OSi/c1-9(2,3)7-6-8-10-11(4)5/h11H,6-8H2,1-5H3. The Balaban J connectivity index is 3.15. The van der Waals surface area contributed by atoms with E-state index in [1.54, 1.807) is 0 Å². The highest BCUT2D eigenvalue weighted by Gasteiger charge is 2.08. The second-order valence-corrected chi connectivity index (χ2v) is 7.01. The lowest BCUT2D eigenvalue weighted by Crippen LogP contribution is -2.11. The van der Waals surface area contributed by atoms with Crippen molar-refractivity contribution in [2.75, 3.05) is 6.61 Å². The van der Waals surface area contributed by atoms with Crippen LogP contribution in [0.15, 0.2) is 0 Å². The number of hydrogen-bond donors (Lipinski definition) is 0. The van der Waals surface area contributed by atoms with Crippen LogP contribution in [0.2, 0.25) is 13.1 Å². The van der Waals surface area contributed by atoms with Gasteiger partial charge in [-0.1, -0.05) is 20.8 Å². The van der Waals surface area contributed by atoms with Crippen molar-refractivity contribution in [1.82, 2.24) is 0 Å². The van der Waals surface area contributed by atoms with E-state index in [9.17, 15) is 0 Å². The molecule has 68 valence electrons. The molecule has 0 aliphatic heterocycles. The predicted molar refractivity (Wildman–Crippen MR) is 53.5 cm³/mol. The maximum Gasteiger partial charge on any atom is 0.170 e. The molecular formula is C9H22OSi. The maximum atomic E-state index is 5.58. The lowest BCUT2D eigenvalue weighted by molar-refractivity contribution is 0.273. The summed E-state index contributed by atoms with van der Waals surface area (Å²) in [5, 5.41) is 0. The molecule has 0 bridgehead atoms. The van der Waals surface area contributed by atoms with Gasteiger partial charge in [-0.05, 0) is 31.4 Å². The summed E-state index contributed by atoms with van der Waals surface area (Å²) in [6, 6.07) is 0. The van der Waals surface area contributed by atoms with Crippen LogP contribution < -0.4 is 0 Å². The second-order valence-electron chi connectivity index (χ2n) is 4.58. The smallest absolute Gasteiger partial charge is 0.170 e. The zero-order valence-electron chi connectivity index (χ0n) is 8.61. The van der Waals surface area contributed by atoms with Crippen LogP contribution in [0.1, 0.15) is 33.6 Å². The molecule has 0 aliphatic carbocycles. The van der Waals surface area contributed by atoms with Crippen molar-refractivity contribution in [2.45, 2.75) is 46.7 Å². The molecule has 0 spiro atoms. The third-order valence-corrected chi connectivity index (χ3v) is 2.42. The van der Waals surface area contributed by atoms with E-state index < -0.39 is 9.04 Å². The highest BCUT2D eigenvalue weighted by atomic mass is 28.3. The third kappa shape index (κ3) is 10.2. The molecule has 0 unspecified atom stereocenters. The first kappa shape index (κ1) is 11.2. The monoisotopic (exact) mass is 174 g/mol. The van der Waals surface area contributed by atoms with Gasteiger partial charge in [-0.3, -0.25) is 0 Å². The van der Waals surface area contributed by atoms with Crippen molar-refractivity contribution >= 4 is 9.04 Å². The average molecular weight is 174 g/mol. The molecule has 11 heavy (non-hydrogen) atoms. The quantitative estimate of drug-likeness (QED) is 0.470. The van der Waals surface area contributed by atoms with Gasteiger partial charge in [-0.25, -0.2) is 0 Å². The van der Waals surface area contributed by atoms with Crippen molar-refractivity contribution in [2.24, 2.45) is 5.41 Å². The SMILES string of the molecule is C[SiH](C)OCCCC(C)(C)C. The molecule has 2 heteroatoms. The van der Waals surface area contributed by atoms with Gasteiger partial charge in [0.25, 0.3) is 0 Å². The highest BCUT2D eigenvalue weighted by molar-refractivity contribution is 6.48. The first-order valence-electron chi connectivity index (χ1n) is 4.53. The first-order valence-corrected chi connectivity index (χ1v) is 7.31. The van der Waals surface area contributed by atoms with Gasteiger partial charge in [0.15, 0.2) is 9.04 Å². The zero-order valence-corrected chi connectivity index (χ0v) is 9.76. The number of rotatable bonds is 4. The Hall–Kier alpha value is 0.177. The lowest BCUT2D eigenvalue weighted by atomic mass is 9.91. The molecule has 0 fully saturated rings. The van der Waals surface area contributed by atoms with Crippen LogP contribution in [0.3, 0.4) is 0 Å².